The van der Waals surface area contributed by atoms with Crippen LogP contribution >= 0.6 is 0 Å². The highest BCUT2D eigenvalue weighted by Gasteiger charge is 2.11. The lowest BCUT2D eigenvalue weighted by Gasteiger charge is -2.26. The summed E-state index contributed by atoms with van der Waals surface area (Å²) in [7, 11) is 4.40. The Kier molecular flexibility index (Phi) is 6.37. The molecule has 2 rings (SSSR count). The monoisotopic (exact) mass is 226 g/mol. The first kappa shape index (κ1) is 14.0. The van der Waals surface area contributed by atoms with Crippen LogP contribution in [0.4, 0.5) is 0 Å². The standard InChI is InChI=1S/2C7H15N/c1-7-3-5-8(2)6-4-7;1-7-4-3-5-8(2)6-7/h2*7H,3-6H2,1-2H3. The number of nitrogens with zero attached hydrogens (tertiary/aromatic N) is 2. The van der Waals surface area contributed by atoms with Crippen molar-refractivity contribution in [2.45, 2.75) is 39.5 Å². The van der Waals surface area contributed by atoms with Gasteiger partial charge in [0.2, 0.25) is 0 Å². The van der Waals surface area contributed by atoms with E-state index in [1.165, 1.54) is 51.9 Å². The topological polar surface area (TPSA) is 6.48 Å². The van der Waals surface area contributed by atoms with Crippen molar-refractivity contribution in [1.82, 2.24) is 9.80 Å². The van der Waals surface area contributed by atoms with Gasteiger partial charge in [-0.2, -0.15) is 0 Å². The van der Waals surface area contributed by atoms with Crippen molar-refractivity contribution >= 4 is 0 Å². The molecule has 1 atom stereocenters. The van der Waals surface area contributed by atoms with E-state index in [0.717, 1.165) is 11.8 Å². The van der Waals surface area contributed by atoms with Crippen LogP contribution in [0.25, 0.3) is 0 Å². The van der Waals surface area contributed by atoms with Crippen molar-refractivity contribution in [3.8, 4) is 0 Å². The molecule has 0 aromatic carbocycles. The van der Waals surface area contributed by atoms with Crippen LogP contribution in [0.5, 0.6) is 0 Å². The molecule has 0 saturated carbocycles. The summed E-state index contributed by atoms with van der Waals surface area (Å²) in [5.74, 6) is 1.92. The summed E-state index contributed by atoms with van der Waals surface area (Å²) in [6.07, 6.45) is 5.63. The zero-order chi connectivity index (χ0) is 12.0. The van der Waals surface area contributed by atoms with Gasteiger partial charge in [-0.05, 0) is 71.2 Å². The molecule has 2 nitrogen and oxygen atoms in total. The molecule has 2 aliphatic heterocycles. The summed E-state index contributed by atoms with van der Waals surface area (Å²) < 4.78 is 0. The van der Waals surface area contributed by atoms with Gasteiger partial charge in [-0.25, -0.2) is 0 Å². The Morgan fingerprint density at radius 3 is 1.75 bits per heavy atom. The van der Waals surface area contributed by atoms with Crippen LogP contribution in [0.15, 0.2) is 0 Å². The third-order valence-electron chi connectivity index (χ3n) is 3.87. The molecule has 0 N–H and O–H groups in total. The van der Waals surface area contributed by atoms with E-state index in [4.69, 9.17) is 0 Å². The molecule has 2 aliphatic rings. The van der Waals surface area contributed by atoms with Gasteiger partial charge in [0.1, 0.15) is 0 Å². The van der Waals surface area contributed by atoms with Gasteiger partial charge in [0.25, 0.3) is 0 Å². The van der Waals surface area contributed by atoms with Crippen molar-refractivity contribution < 1.29 is 0 Å². The van der Waals surface area contributed by atoms with E-state index >= 15 is 0 Å². The second kappa shape index (κ2) is 7.29. The summed E-state index contributed by atoms with van der Waals surface area (Å²) in [6.45, 7) is 9.90. The number of piperidine rings is 2. The van der Waals surface area contributed by atoms with E-state index in [9.17, 15) is 0 Å². The van der Waals surface area contributed by atoms with Gasteiger partial charge >= 0.3 is 0 Å². The second-order valence-electron chi connectivity index (χ2n) is 6.00. The third kappa shape index (κ3) is 5.86. The van der Waals surface area contributed by atoms with Crippen LogP contribution in [0.3, 0.4) is 0 Å². The molecular weight excluding hydrogens is 196 g/mol. The lowest BCUT2D eigenvalue weighted by Crippen LogP contribution is -2.30. The summed E-state index contributed by atoms with van der Waals surface area (Å²) in [5, 5.41) is 0. The molecule has 0 bridgehead atoms. The van der Waals surface area contributed by atoms with Gasteiger partial charge in [0.15, 0.2) is 0 Å². The van der Waals surface area contributed by atoms with E-state index in [1.807, 2.05) is 0 Å². The Hall–Kier alpha value is -0.0800. The van der Waals surface area contributed by atoms with E-state index in [1.54, 1.807) is 0 Å². The molecule has 2 fully saturated rings. The first-order valence-electron chi connectivity index (χ1n) is 6.95. The number of rotatable bonds is 0. The van der Waals surface area contributed by atoms with Crippen LogP contribution < -0.4 is 0 Å². The highest BCUT2D eigenvalue weighted by Crippen LogP contribution is 2.13. The molecule has 2 heteroatoms. The molecule has 0 aliphatic carbocycles. The quantitative estimate of drug-likeness (QED) is 0.626. The van der Waals surface area contributed by atoms with E-state index in [2.05, 4.69) is 37.7 Å². The van der Waals surface area contributed by atoms with Crippen molar-refractivity contribution in [2.75, 3.05) is 40.3 Å². The van der Waals surface area contributed by atoms with Gasteiger partial charge in [0, 0.05) is 6.54 Å². The van der Waals surface area contributed by atoms with Crippen molar-refractivity contribution in [1.29, 1.82) is 0 Å². The first-order valence-corrected chi connectivity index (χ1v) is 6.95. The highest BCUT2D eigenvalue weighted by atomic mass is 15.1. The number of hydrogen-bond acceptors (Lipinski definition) is 2. The van der Waals surface area contributed by atoms with Gasteiger partial charge in [0.05, 0.1) is 0 Å². The summed E-state index contributed by atoms with van der Waals surface area (Å²) >= 11 is 0. The SMILES string of the molecule is CC1CCCN(C)C1.CC1CCN(C)CC1. The lowest BCUT2D eigenvalue weighted by atomic mass is 10.00. The minimum Gasteiger partial charge on any atom is -0.306 e. The van der Waals surface area contributed by atoms with Crippen LogP contribution in [-0.2, 0) is 0 Å². The summed E-state index contributed by atoms with van der Waals surface area (Å²) in [5.41, 5.74) is 0. The molecule has 0 aromatic rings. The molecule has 2 saturated heterocycles. The van der Waals surface area contributed by atoms with Crippen molar-refractivity contribution in [3.05, 3.63) is 0 Å². The molecule has 16 heavy (non-hydrogen) atoms. The maximum absolute atomic E-state index is 2.41. The largest absolute Gasteiger partial charge is 0.306 e. The zero-order valence-corrected chi connectivity index (χ0v) is 11.7. The van der Waals surface area contributed by atoms with Crippen LogP contribution in [0, 0.1) is 11.8 Å². The Morgan fingerprint density at radius 1 is 0.750 bits per heavy atom. The molecule has 2 heterocycles. The summed E-state index contributed by atoms with van der Waals surface area (Å²) in [6, 6.07) is 0. The highest BCUT2D eigenvalue weighted by molar-refractivity contribution is 4.66. The average molecular weight is 226 g/mol. The smallest absolute Gasteiger partial charge is 0.000398 e. The van der Waals surface area contributed by atoms with E-state index in [0.29, 0.717) is 0 Å². The summed E-state index contributed by atoms with van der Waals surface area (Å²) in [4.78, 5) is 4.81. The molecule has 0 amide bonds. The fraction of sp³-hybridized carbons (Fsp3) is 1.00. The molecular formula is C14H30N2. The van der Waals surface area contributed by atoms with Gasteiger partial charge in [-0.1, -0.05) is 13.8 Å². The van der Waals surface area contributed by atoms with Gasteiger partial charge < -0.3 is 9.80 Å². The maximum Gasteiger partial charge on any atom is 0.000398 e. The Balaban J connectivity index is 0.000000160. The van der Waals surface area contributed by atoms with Crippen molar-refractivity contribution in [2.24, 2.45) is 11.8 Å². The minimum atomic E-state index is 0.939. The minimum absolute atomic E-state index is 0.939. The average Bonchev–Trinajstić information content (AvgIpc) is 2.23. The number of hydrogen-bond donors (Lipinski definition) is 0. The van der Waals surface area contributed by atoms with Crippen LogP contribution in [0.1, 0.15) is 39.5 Å². The van der Waals surface area contributed by atoms with Crippen LogP contribution in [-0.4, -0.2) is 50.1 Å². The fourth-order valence-electron chi connectivity index (χ4n) is 2.56. The lowest BCUT2D eigenvalue weighted by molar-refractivity contribution is 0.221. The van der Waals surface area contributed by atoms with Crippen LogP contribution in [0.2, 0.25) is 0 Å². The normalized spacial score (nSPS) is 29.6. The second-order valence-corrected chi connectivity index (χ2v) is 6.00. The Labute approximate surface area is 102 Å². The molecule has 0 radical (unpaired) electrons. The van der Waals surface area contributed by atoms with Gasteiger partial charge in [-0.15, -0.1) is 0 Å². The fourth-order valence-corrected chi connectivity index (χ4v) is 2.56. The van der Waals surface area contributed by atoms with Gasteiger partial charge in [-0.3, -0.25) is 0 Å². The first-order chi connectivity index (χ1) is 7.58. The number of likely N-dealkylation sites (tertiary alicyclic amines) is 2. The van der Waals surface area contributed by atoms with E-state index in [-0.39, 0.29) is 0 Å². The Morgan fingerprint density at radius 2 is 1.38 bits per heavy atom. The maximum atomic E-state index is 2.41. The zero-order valence-electron chi connectivity index (χ0n) is 11.7. The molecule has 0 spiro atoms. The van der Waals surface area contributed by atoms with Crippen molar-refractivity contribution in [3.63, 3.8) is 0 Å². The molecule has 0 aromatic heterocycles. The van der Waals surface area contributed by atoms with E-state index < -0.39 is 0 Å². The third-order valence-corrected chi connectivity index (χ3v) is 3.87. The Bertz CT molecular complexity index is 156. The predicted octanol–water partition coefficient (Wildman–Crippen LogP) is 2.70. The molecule has 96 valence electrons. The molecule has 1 unspecified atom stereocenters. The predicted molar refractivity (Wildman–Crippen MR) is 71.8 cm³/mol.